The first-order valence-electron chi connectivity index (χ1n) is 7.22. The van der Waals surface area contributed by atoms with E-state index in [4.69, 9.17) is 5.73 Å². The van der Waals surface area contributed by atoms with E-state index in [2.05, 4.69) is 41.8 Å². The second-order valence-corrected chi connectivity index (χ2v) is 5.65. The van der Waals surface area contributed by atoms with Crippen molar-refractivity contribution >= 4 is 16.6 Å². The minimum absolute atomic E-state index is 0.820. The predicted octanol–water partition coefficient (Wildman–Crippen LogP) is 4.15. The Bertz CT molecular complexity index is 794. The molecular weight excluding hydrogens is 244 g/mol. The van der Waals surface area contributed by atoms with Gasteiger partial charge >= 0.3 is 0 Å². The fourth-order valence-corrected chi connectivity index (χ4v) is 3.53. The van der Waals surface area contributed by atoms with Crippen LogP contribution in [0.4, 0.5) is 5.69 Å². The number of nitrogen functional groups attached to an aromatic ring is 1. The van der Waals surface area contributed by atoms with Crippen molar-refractivity contribution in [2.24, 2.45) is 0 Å². The number of nitrogens with zero attached hydrogens (tertiary/aromatic N) is 1. The van der Waals surface area contributed by atoms with Gasteiger partial charge in [0.25, 0.3) is 0 Å². The molecule has 2 aromatic carbocycles. The average molecular weight is 262 g/mol. The summed E-state index contributed by atoms with van der Waals surface area (Å²) in [5, 5.41) is 1.38. The molecule has 1 aliphatic rings. The maximum Gasteiger partial charge on any atom is 0.0521 e. The predicted molar refractivity (Wildman–Crippen MR) is 84.8 cm³/mol. The molecule has 1 aliphatic heterocycles. The van der Waals surface area contributed by atoms with E-state index in [1.165, 1.54) is 46.1 Å². The second kappa shape index (κ2) is 4.14. The summed E-state index contributed by atoms with van der Waals surface area (Å²) in [6.45, 7) is 3.37. The first-order valence-corrected chi connectivity index (χ1v) is 7.22. The average Bonchev–Trinajstić information content (AvgIpc) is 2.76. The van der Waals surface area contributed by atoms with Crippen LogP contribution in [-0.2, 0) is 13.0 Å². The topological polar surface area (TPSA) is 30.9 Å². The third kappa shape index (κ3) is 1.51. The monoisotopic (exact) mass is 262 g/mol. The molecule has 2 heteroatoms. The number of aryl methyl sites for hydroxylation is 2. The Kier molecular flexibility index (Phi) is 2.40. The Labute approximate surface area is 118 Å². The summed E-state index contributed by atoms with van der Waals surface area (Å²) < 4.78 is 2.49. The van der Waals surface area contributed by atoms with E-state index in [0.717, 1.165) is 12.2 Å². The molecule has 2 N–H and O–H groups in total. The molecule has 2 nitrogen and oxygen atoms in total. The van der Waals surface area contributed by atoms with E-state index < -0.39 is 0 Å². The zero-order valence-electron chi connectivity index (χ0n) is 11.7. The SMILES string of the molecule is Cc1c(-c2ccc(N)cc2)c2cccc3c2n1CCC3. The summed E-state index contributed by atoms with van der Waals surface area (Å²) in [7, 11) is 0. The van der Waals surface area contributed by atoms with Crippen LogP contribution in [-0.4, -0.2) is 4.57 Å². The van der Waals surface area contributed by atoms with Crippen molar-refractivity contribution in [2.45, 2.75) is 26.3 Å². The fraction of sp³-hybridized carbons (Fsp3) is 0.222. The Hall–Kier alpha value is -2.22. The number of para-hydroxylation sites is 1. The van der Waals surface area contributed by atoms with E-state index in [1.807, 2.05) is 12.1 Å². The van der Waals surface area contributed by atoms with Crippen LogP contribution in [0.2, 0.25) is 0 Å². The Morgan fingerprint density at radius 3 is 2.65 bits per heavy atom. The lowest BCUT2D eigenvalue weighted by molar-refractivity contribution is 0.624. The van der Waals surface area contributed by atoms with Crippen molar-refractivity contribution in [3.8, 4) is 11.1 Å². The number of hydrogen-bond acceptors (Lipinski definition) is 1. The van der Waals surface area contributed by atoms with Crippen LogP contribution in [0.25, 0.3) is 22.0 Å². The number of benzene rings is 2. The van der Waals surface area contributed by atoms with E-state index in [9.17, 15) is 0 Å². The first-order chi connectivity index (χ1) is 9.75. The maximum atomic E-state index is 5.82. The molecule has 1 aromatic heterocycles. The van der Waals surface area contributed by atoms with Gasteiger partial charge in [-0.1, -0.05) is 30.3 Å². The standard InChI is InChI=1S/C18H18N2/c1-12-17(13-7-9-15(19)10-8-13)16-6-2-4-14-5-3-11-20(12)18(14)16/h2,4,6-10H,3,5,11,19H2,1H3. The molecule has 0 amide bonds. The molecule has 0 atom stereocenters. The molecule has 0 fully saturated rings. The minimum atomic E-state index is 0.820. The molecule has 4 rings (SSSR count). The Morgan fingerprint density at radius 1 is 1.05 bits per heavy atom. The lowest BCUT2D eigenvalue weighted by atomic mass is 9.99. The van der Waals surface area contributed by atoms with Crippen LogP contribution in [0.15, 0.2) is 42.5 Å². The molecule has 0 unspecified atom stereocenters. The van der Waals surface area contributed by atoms with Crippen LogP contribution >= 0.6 is 0 Å². The van der Waals surface area contributed by atoms with Gasteiger partial charge in [-0.25, -0.2) is 0 Å². The van der Waals surface area contributed by atoms with E-state index in [-0.39, 0.29) is 0 Å². The summed E-state index contributed by atoms with van der Waals surface area (Å²) in [5.74, 6) is 0. The highest BCUT2D eigenvalue weighted by Gasteiger charge is 2.20. The van der Waals surface area contributed by atoms with Crippen LogP contribution in [0.3, 0.4) is 0 Å². The van der Waals surface area contributed by atoms with Crippen LogP contribution < -0.4 is 5.73 Å². The summed E-state index contributed by atoms with van der Waals surface area (Å²) in [6, 6.07) is 14.9. The van der Waals surface area contributed by atoms with Gasteiger partial charge in [0.15, 0.2) is 0 Å². The second-order valence-electron chi connectivity index (χ2n) is 5.65. The van der Waals surface area contributed by atoms with Crippen molar-refractivity contribution in [2.75, 3.05) is 5.73 Å². The maximum absolute atomic E-state index is 5.82. The van der Waals surface area contributed by atoms with Crippen LogP contribution in [0.1, 0.15) is 17.7 Å². The van der Waals surface area contributed by atoms with Gasteiger partial charge < -0.3 is 10.3 Å². The quantitative estimate of drug-likeness (QED) is 0.656. The van der Waals surface area contributed by atoms with Gasteiger partial charge in [-0.15, -0.1) is 0 Å². The third-order valence-corrected chi connectivity index (χ3v) is 4.45. The summed E-state index contributed by atoms with van der Waals surface area (Å²) in [4.78, 5) is 0. The number of hydrogen-bond donors (Lipinski definition) is 1. The van der Waals surface area contributed by atoms with Crippen LogP contribution in [0.5, 0.6) is 0 Å². The molecule has 0 radical (unpaired) electrons. The van der Waals surface area contributed by atoms with Gasteiger partial charge in [-0.05, 0) is 43.0 Å². The lowest BCUT2D eigenvalue weighted by Crippen LogP contribution is -2.08. The molecule has 20 heavy (non-hydrogen) atoms. The third-order valence-electron chi connectivity index (χ3n) is 4.45. The van der Waals surface area contributed by atoms with Gasteiger partial charge in [-0.3, -0.25) is 0 Å². The molecule has 2 heterocycles. The van der Waals surface area contributed by atoms with Gasteiger partial charge in [0, 0.05) is 28.9 Å². The molecule has 0 aliphatic carbocycles. The highest BCUT2D eigenvalue weighted by atomic mass is 15.0. The van der Waals surface area contributed by atoms with Gasteiger partial charge in [-0.2, -0.15) is 0 Å². The molecule has 0 spiro atoms. The van der Waals surface area contributed by atoms with E-state index >= 15 is 0 Å². The van der Waals surface area contributed by atoms with Crippen molar-refractivity contribution < 1.29 is 0 Å². The highest BCUT2D eigenvalue weighted by Crippen LogP contribution is 2.38. The first kappa shape index (κ1) is 11.6. The molecule has 100 valence electrons. The number of anilines is 1. The van der Waals surface area contributed by atoms with E-state index in [0.29, 0.717) is 0 Å². The Balaban J connectivity index is 2.08. The minimum Gasteiger partial charge on any atom is -0.399 e. The molecule has 0 bridgehead atoms. The zero-order chi connectivity index (χ0) is 13.7. The largest absolute Gasteiger partial charge is 0.399 e. The number of rotatable bonds is 1. The lowest BCUT2D eigenvalue weighted by Gasteiger charge is -2.16. The van der Waals surface area contributed by atoms with Crippen molar-refractivity contribution in [1.29, 1.82) is 0 Å². The normalized spacial score (nSPS) is 13.8. The fourth-order valence-electron chi connectivity index (χ4n) is 3.53. The molecule has 0 saturated carbocycles. The van der Waals surface area contributed by atoms with Gasteiger partial charge in [0.2, 0.25) is 0 Å². The van der Waals surface area contributed by atoms with Crippen molar-refractivity contribution in [3.63, 3.8) is 0 Å². The number of aromatic nitrogens is 1. The molecule has 0 saturated heterocycles. The smallest absolute Gasteiger partial charge is 0.0521 e. The van der Waals surface area contributed by atoms with Gasteiger partial charge in [0.05, 0.1) is 5.52 Å². The summed E-state index contributed by atoms with van der Waals surface area (Å²) >= 11 is 0. The summed E-state index contributed by atoms with van der Waals surface area (Å²) in [5.41, 5.74) is 13.6. The van der Waals surface area contributed by atoms with E-state index in [1.54, 1.807) is 0 Å². The highest BCUT2D eigenvalue weighted by molar-refractivity contribution is 6.00. The van der Waals surface area contributed by atoms with Gasteiger partial charge in [0.1, 0.15) is 0 Å². The molecular formula is C18H18N2. The zero-order valence-corrected chi connectivity index (χ0v) is 11.7. The van der Waals surface area contributed by atoms with Crippen molar-refractivity contribution in [1.82, 2.24) is 4.57 Å². The van der Waals surface area contributed by atoms with Crippen LogP contribution in [0, 0.1) is 6.92 Å². The van der Waals surface area contributed by atoms with Crippen molar-refractivity contribution in [3.05, 3.63) is 53.7 Å². The number of nitrogens with two attached hydrogens (primary N) is 1. The summed E-state index contributed by atoms with van der Waals surface area (Å²) in [6.07, 6.45) is 2.44. The Morgan fingerprint density at radius 2 is 1.85 bits per heavy atom. The molecule has 3 aromatic rings.